The second-order valence-electron chi connectivity index (χ2n) is 6.19. The van der Waals surface area contributed by atoms with E-state index in [0.717, 1.165) is 22.2 Å². The van der Waals surface area contributed by atoms with E-state index < -0.39 is 0 Å². The van der Waals surface area contributed by atoms with Gasteiger partial charge in [0.05, 0.1) is 21.8 Å². The van der Waals surface area contributed by atoms with Crippen molar-refractivity contribution in [1.82, 2.24) is 20.2 Å². The van der Waals surface area contributed by atoms with Crippen LogP contribution in [0.3, 0.4) is 0 Å². The highest BCUT2D eigenvalue weighted by Crippen LogP contribution is 2.34. The normalized spacial score (nSPS) is 11.0. The quantitative estimate of drug-likeness (QED) is 0.401. The topological polar surface area (TPSA) is 64.7 Å². The Morgan fingerprint density at radius 1 is 0.750 bits per heavy atom. The summed E-state index contributed by atoms with van der Waals surface area (Å²) in [4.78, 5) is 9.13. The molecule has 6 heteroatoms. The van der Waals surface area contributed by atoms with Gasteiger partial charge in [0.1, 0.15) is 0 Å². The monoisotopic (exact) mass is 384 g/mol. The van der Waals surface area contributed by atoms with Gasteiger partial charge in [-0.25, -0.2) is 9.97 Å². The largest absolute Gasteiger partial charge is 0.416 e. The molecular formula is C22H13ClN4O. The van der Waals surface area contributed by atoms with Crippen LogP contribution in [0, 0.1) is 0 Å². The van der Waals surface area contributed by atoms with Crippen LogP contribution in [-0.4, -0.2) is 20.2 Å². The number of halogens is 1. The molecule has 0 saturated heterocycles. The predicted molar refractivity (Wildman–Crippen MR) is 109 cm³/mol. The minimum atomic E-state index is 0.367. The van der Waals surface area contributed by atoms with Gasteiger partial charge >= 0.3 is 0 Å². The lowest BCUT2D eigenvalue weighted by molar-refractivity contribution is 0.584. The second-order valence-corrected chi connectivity index (χ2v) is 6.60. The van der Waals surface area contributed by atoms with Gasteiger partial charge in [0, 0.05) is 17.1 Å². The van der Waals surface area contributed by atoms with Gasteiger partial charge in [-0.1, -0.05) is 54.1 Å². The first-order valence-electron chi connectivity index (χ1n) is 8.69. The molecule has 0 N–H and O–H groups in total. The molecule has 0 fully saturated rings. The Hall–Kier alpha value is -3.57. The maximum atomic E-state index is 6.27. The van der Waals surface area contributed by atoms with Gasteiger partial charge in [-0.15, -0.1) is 10.2 Å². The van der Waals surface area contributed by atoms with Crippen molar-refractivity contribution in [3.05, 3.63) is 84.0 Å². The average molecular weight is 385 g/mol. The third-order valence-corrected chi connectivity index (χ3v) is 4.73. The molecule has 5 aromatic rings. The summed E-state index contributed by atoms with van der Waals surface area (Å²) < 4.78 is 5.98. The summed E-state index contributed by atoms with van der Waals surface area (Å²) in [6.45, 7) is 0. The van der Waals surface area contributed by atoms with Crippen molar-refractivity contribution in [2.45, 2.75) is 0 Å². The minimum absolute atomic E-state index is 0.367. The average Bonchev–Trinajstić information content (AvgIpc) is 3.23. The van der Waals surface area contributed by atoms with Crippen molar-refractivity contribution >= 4 is 22.6 Å². The summed E-state index contributed by atoms with van der Waals surface area (Å²) in [5, 5.41) is 9.91. The number of benzene rings is 2. The third-order valence-electron chi connectivity index (χ3n) is 4.40. The van der Waals surface area contributed by atoms with Crippen LogP contribution in [-0.2, 0) is 0 Å². The van der Waals surface area contributed by atoms with Crippen LogP contribution in [0.4, 0.5) is 0 Å². The van der Waals surface area contributed by atoms with E-state index in [0.29, 0.717) is 28.0 Å². The van der Waals surface area contributed by atoms with Gasteiger partial charge < -0.3 is 4.42 Å². The van der Waals surface area contributed by atoms with Crippen molar-refractivity contribution in [3.63, 3.8) is 0 Å². The van der Waals surface area contributed by atoms with E-state index in [1.54, 1.807) is 12.3 Å². The zero-order valence-corrected chi connectivity index (χ0v) is 15.3. The molecule has 0 aliphatic carbocycles. The molecule has 2 aromatic carbocycles. The standard InChI is InChI=1S/C22H13ClN4O/c23-18-11-5-4-10-16(18)21-26-27-22(28-21)17-13-15-9-6-12-24-20(15)25-19(17)14-7-2-1-3-8-14/h1-13H. The van der Waals surface area contributed by atoms with E-state index in [4.69, 9.17) is 21.0 Å². The number of nitrogens with zero attached hydrogens (tertiary/aromatic N) is 4. The number of pyridine rings is 2. The highest BCUT2D eigenvalue weighted by molar-refractivity contribution is 6.33. The van der Waals surface area contributed by atoms with Gasteiger partial charge in [0.15, 0.2) is 5.65 Å². The lowest BCUT2D eigenvalue weighted by Gasteiger charge is -2.07. The van der Waals surface area contributed by atoms with Gasteiger partial charge in [0.2, 0.25) is 11.8 Å². The molecule has 5 rings (SSSR count). The molecular weight excluding hydrogens is 372 g/mol. The molecule has 0 atom stereocenters. The summed E-state index contributed by atoms with van der Waals surface area (Å²) in [5.74, 6) is 0.748. The summed E-state index contributed by atoms with van der Waals surface area (Å²) >= 11 is 6.27. The Labute approximate surface area is 165 Å². The van der Waals surface area contributed by atoms with Crippen LogP contribution in [0.15, 0.2) is 83.4 Å². The van der Waals surface area contributed by atoms with Crippen LogP contribution in [0.5, 0.6) is 0 Å². The van der Waals surface area contributed by atoms with Crippen LogP contribution < -0.4 is 0 Å². The molecule has 3 heterocycles. The summed E-state index contributed by atoms with van der Waals surface area (Å²) in [7, 11) is 0. The van der Waals surface area contributed by atoms with E-state index in [9.17, 15) is 0 Å². The fraction of sp³-hybridized carbons (Fsp3) is 0. The number of aromatic nitrogens is 4. The predicted octanol–water partition coefficient (Wildman–Crippen LogP) is 5.67. The minimum Gasteiger partial charge on any atom is -0.416 e. The molecule has 0 unspecified atom stereocenters. The van der Waals surface area contributed by atoms with E-state index in [1.165, 1.54) is 0 Å². The van der Waals surface area contributed by atoms with E-state index in [1.807, 2.05) is 66.7 Å². The SMILES string of the molecule is Clc1ccccc1-c1nnc(-c2cc3cccnc3nc2-c2ccccc2)o1. The molecule has 0 aliphatic rings. The highest BCUT2D eigenvalue weighted by atomic mass is 35.5. The first-order valence-corrected chi connectivity index (χ1v) is 9.07. The van der Waals surface area contributed by atoms with Crippen LogP contribution in [0.25, 0.3) is 45.2 Å². The number of hydrogen-bond donors (Lipinski definition) is 0. The fourth-order valence-electron chi connectivity index (χ4n) is 3.06. The van der Waals surface area contributed by atoms with Gasteiger partial charge in [-0.2, -0.15) is 0 Å². The molecule has 5 nitrogen and oxygen atoms in total. The number of fused-ring (bicyclic) bond motifs is 1. The molecule has 0 amide bonds. The van der Waals surface area contributed by atoms with Crippen molar-refractivity contribution in [1.29, 1.82) is 0 Å². The lowest BCUT2D eigenvalue weighted by Crippen LogP contribution is -1.93. The number of rotatable bonds is 3. The Morgan fingerprint density at radius 2 is 1.50 bits per heavy atom. The molecule has 28 heavy (non-hydrogen) atoms. The van der Waals surface area contributed by atoms with Crippen LogP contribution in [0.1, 0.15) is 0 Å². The second kappa shape index (κ2) is 6.87. The van der Waals surface area contributed by atoms with Crippen molar-refractivity contribution in [2.75, 3.05) is 0 Å². The van der Waals surface area contributed by atoms with Crippen molar-refractivity contribution in [2.24, 2.45) is 0 Å². The van der Waals surface area contributed by atoms with E-state index in [-0.39, 0.29) is 0 Å². The van der Waals surface area contributed by atoms with Crippen LogP contribution >= 0.6 is 11.6 Å². The fourth-order valence-corrected chi connectivity index (χ4v) is 3.28. The molecule has 0 radical (unpaired) electrons. The highest BCUT2D eigenvalue weighted by Gasteiger charge is 2.18. The smallest absolute Gasteiger partial charge is 0.250 e. The van der Waals surface area contributed by atoms with Gasteiger partial charge in [-0.05, 0) is 30.3 Å². The zero-order chi connectivity index (χ0) is 18.9. The summed E-state index contributed by atoms with van der Waals surface area (Å²) in [6, 6.07) is 23.1. The van der Waals surface area contributed by atoms with Crippen molar-refractivity contribution < 1.29 is 4.42 Å². The first kappa shape index (κ1) is 16.6. The van der Waals surface area contributed by atoms with Gasteiger partial charge in [-0.3, -0.25) is 0 Å². The lowest BCUT2D eigenvalue weighted by atomic mass is 10.0. The Bertz CT molecular complexity index is 1280. The van der Waals surface area contributed by atoms with Gasteiger partial charge in [0.25, 0.3) is 0 Å². The maximum Gasteiger partial charge on any atom is 0.250 e. The number of hydrogen-bond acceptors (Lipinski definition) is 5. The molecule has 0 bridgehead atoms. The van der Waals surface area contributed by atoms with Crippen LogP contribution in [0.2, 0.25) is 5.02 Å². The first-order chi connectivity index (χ1) is 13.8. The molecule has 134 valence electrons. The molecule has 0 aliphatic heterocycles. The Kier molecular flexibility index (Phi) is 4.07. The Morgan fingerprint density at radius 3 is 2.32 bits per heavy atom. The van der Waals surface area contributed by atoms with E-state index in [2.05, 4.69) is 15.2 Å². The molecule has 0 spiro atoms. The molecule has 3 aromatic heterocycles. The Balaban J connectivity index is 1.71. The zero-order valence-electron chi connectivity index (χ0n) is 14.6. The summed E-state index contributed by atoms with van der Waals surface area (Å²) in [6.07, 6.45) is 1.73. The van der Waals surface area contributed by atoms with Crippen molar-refractivity contribution in [3.8, 4) is 34.2 Å². The molecule has 0 saturated carbocycles. The summed E-state index contributed by atoms with van der Waals surface area (Å²) in [5.41, 5.74) is 3.79. The third kappa shape index (κ3) is 2.92. The maximum absolute atomic E-state index is 6.27. The van der Waals surface area contributed by atoms with E-state index >= 15 is 0 Å².